The lowest BCUT2D eigenvalue weighted by atomic mass is 9.84. The fraction of sp³-hybridized carbons (Fsp3) is 0.515. The van der Waals surface area contributed by atoms with Gasteiger partial charge in [-0.3, -0.25) is 9.69 Å². The maximum atomic E-state index is 13.4. The van der Waals surface area contributed by atoms with Crippen LogP contribution < -0.4 is 14.8 Å². The van der Waals surface area contributed by atoms with Crippen molar-refractivity contribution in [1.82, 2.24) is 14.7 Å². The van der Waals surface area contributed by atoms with Crippen LogP contribution in [-0.4, -0.2) is 86.7 Å². The Morgan fingerprint density at radius 3 is 2.27 bits per heavy atom. The molecule has 8 heteroatoms. The quantitative estimate of drug-likeness (QED) is 0.350. The van der Waals surface area contributed by atoms with Gasteiger partial charge in [0.05, 0.1) is 19.9 Å². The van der Waals surface area contributed by atoms with Crippen molar-refractivity contribution < 1.29 is 19.1 Å². The van der Waals surface area contributed by atoms with Gasteiger partial charge in [-0.1, -0.05) is 70.2 Å². The predicted octanol–water partition coefficient (Wildman–Crippen LogP) is 5.86. The van der Waals surface area contributed by atoms with Gasteiger partial charge >= 0.3 is 6.03 Å². The van der Waals surface area contributed by atoms with Crippen LogP contribution in [-0.2, 0) is 4.79 Å². The highest BCUT2D eigenvalue weighted by molar-refractivity contribution is 5.91. The highest BCUT2D eigenvalue weighted by atomic mass is 16.5. The summed E-state index contributed by atoms with van der Waals surface area (Å²) in [4.78, 5) is 32.4. The predicted molar refractivity (Wildman–Crippen MR) is 166 cm³/mol. The van der Waals surface area contributed by atoms with Crippen LogP contribution in [0.3, 0.4) is 0 Å². The van der Waals surface area contributed by atoms with E-state index < -0.39 is 0 Å². The van der Waals surface area contributed by atoms with Crippen molar-refractivity contribution >= 4 is 23.7 Å². The molecule has 3 rings (SSSR count). The van der Waals surface area contributed by atoms with Gasteiger partial charge < -0.3 is 24.6 Å². The molecule has 0 saturated carbocycles. The second-order valence-electron chi connectivity index (χ2n) is 12.0. The lowest BCUT2D eigenvalue weighted by Crippen LogP contribution is -2.51. The Morgan fingerprint density at radius 2 is 1.61 bits per heavy atom. The van der Waals surface area contributed by atoms with E-state index in [0.717, 1.165) is 37.4 Å². The van der Waals surface area contributed by atoms with Gasteiger partial charge in [-0.05, 0) is 36.0 Å². The fourth-order valence-corrected chi connectivity index (χ4v) is 5.35. The average Bonchev–Trinajstić information content (AvgIpc) is 2.94. The largest absolute Gasteiger partial charge is 0.496 e. The molecule has 2 aromatic carbocycles. The molecule has 1 aliphatic heterocycles. The molecule has 0 aromatic heterocycles. The summed E-state index contributed by atoms with van der Waals surface area (Å²) in [7, 11) is 3.26. The molecular formula is C33H48N4O4. The Bertz CT molecular complexity index is 1150. The number of benzene rings is 2. The zero-order chi connectivity index (χ0) is 29.8. The number of nitrogens with zero attached hydrogens (tertiary/aromatic N) is 3. The highest BCUT2D eigenvalue weighted by Crippen LogP contribution is 2.27. The number of rotatable bonds is 12. The van der Waals surface area contributed by atoms with Crippen molar-refractivity contribution in [2.24, 2.45) is 11.3 Å². The third-order valence-corrected chi connectivity index (χ3v) is 7.29. The van der Waals surface area contributed by atoms with Crippen LogP contribution in [0.25, 0.3) is 6.08 Å². The summed E-state index contributed by atoms with van der Waals surface area (Å²) in [5.41, 5.74) is 1.84. The van der Waals surface area contributed by atoms with E-state index in [-0.39, 0.29) is 17.4 Å². The number of hydrogen-bond donors (Lipinski definition) is 1. The summed E-state index contributed by atoms with van der Waals surface area (Å²) >= 11 is 0. The SMILES string of the molecule is COc1ccccc1C=CCN(CCN1CCN(C(=O)Nc2ccccc2OC)CC1)C(=O)CC(C)CC(C)(C)C. The average molecular weight is 565 g/mol. The normalized spacial score (nSPS) is 15.0. The number of hydrogen-bond acceptors (Lipinski definition) is 5. The van der Waals surface area contributed by atoms with E-state index >= 15 is 0 Å². The molecule has 1 aliphatic rings. The number of nitrogens with one attached hydrogen (secondary N) is 1. The second-order valence-corrected chi connectivity index (χ2v) is 12.0. The molecule has 1 saturated heterocycles. The first-order valence-corrected chi connectivity index (χ1v) is 14.6. The summed E-state index contributed by atoms with van der Waals surface area (Å²) in [5, 5.41) is 2.96. The number of ether oxygens (including phenoxy) is 2. The summed E-state index contributed by atoms with van der Waals surface area (Å²) in [5.74, 6) is 1.95. The zero-order valence-corrected chi connectivity index (χ0v) is 25.7. The molecule has 0 aliphatic carbocycles. The lowest BCUT2D eigenvalue weighted by Gasteiger charge is -2.36. The van der Waals surface area contributed by atoms with Crippen LogP contribution in [0.5, 0.6) is 11.5 Å². The van der Waals surface area contributed by atoms with Crippen LogP contribution in [0, 0.1) is 11.3 Å². The molecule has 1 heterocycles. The van der Waals surface area contributed by atoms with Crippen LogP contribution in [0.1, 0.15) is 46.1 Å². The van der Waals surface area contributed by atoms with E-state index in [0.29, 0.717) is 50.0 Å². The van der Waals surface area contributed by atoms with Crippen molar-refractivity contribution in [3.8, 4) is 11.5 Å². The molecule has 0 bridgehead atoms. The molecule has 1 fully saturated rings. The summed E-state index contributed by atoms with van der Waals surface area (Å²) in [6.45, 7) is 13.6. The molecule has 1 N–H and O–H groups in total. The summed E-state index contributed by atoms with van der Waals surface area (Å²) in [6, 6.07) is 15.2. The van der Waals surface area contributed by atoms with E-state index in [2.05, 4.69) is 37.9 Å². The number of methoxy groups -OCH3 is 2. The lowest BCUT2D eigenvalue weighted by molar-refractivity contribution is -0.132. The molecule has 1 unspecified atom stereocenters. The Morgan fingerprint density at radius 1 is 0.976 bits per heavy atom. The molecule has 2 aromatic rings. The number of amides is 3. The van der Waals surface area contributed by atoms with Gasteiger partial charge in [0.1, 0.15) is 11.5 Å². The Hall–Kier alpha value is -3.52. The standard InChI is InChI=1S/C33H48N4O4/c1-26(25-33(2,3)4)24-31(38)36(17-11-13-27-12-7-9-15-29(27)40-5)21-18-35-19-22-37(23-20-35)32(39)34-28-14-8-10-16-30(28)41-6/h7-16,26H,17-25H2,1-6H3,(H,34,39). The van der Waals surface area contributed by atoms with E-state index in [1.165, 1.54) is 0 Å². The zero-order valence-electron chi connectivity index (χ0n) is 25.7. The Balaban J connectivity index is 1.56. The third kappa shape index (κ3) is 10.4. The fourth-order valence-electron chi connectivity index (χ4n) is 5.35. The van der Waals surface area contributed by atoms with E-state index in [1.807, 2.05) is 70.5 Å². The van der Waals surface area contributed by atoms with Crippen molar-refractivity contribution in [1.29, 1.82) is 0 Å². The van der Waals surface area contributed by atoms with Gasteiger partial charge in [0.25, 0.3) is 0 Å². The van der Waals surface area contributed by atoms with Crippen LogP contribution in [0.4, 0.5) is 10.5 Å². The molecule has 41 heavy (non-hydrogen) atoms. The summed E-state index contributed by atoms with van der Waals surface area (Å²) < 4.78 is 10.8. The first kappa shape index (κ1) is 32.0. The third-order valence-electron chi connectivity index (χ3n) is 7.29. The topological polar surface area (TPSA) is 74.3 Å². The molecular weight excluding hydrogens is 516 g/mol. The van der Waals surface area contributed by atoms with Gasteiger partial charge in [-0.25, -0.2) is 4.79 Å². The highest BCUT2D eigenvalue weighted by Gasteiger charge is 2.24. The smallest absolute Gasteiger partial charge is 0.322 e. The minimum Gasteiger partial charge on any atom is -0.496 e. The van der Waals surface area contributed by atoms with Crippen molar-refractivity contribution in [2.45, 2.75) is 40.5 Å². The van der Waals surface area contributed by atoms with E-state index in [9.17, 15) is 9.59 Å². The van der Waals surface area contributed by atoms with Gasteiger partial charge in [0.15, 0.2) is 0 Å². The maximum absolute atomic E-state index is 13.4. The monoisotopic (exact) mass is 564 g/mol. The van der Waals surface area contributed by atoms with Crippen molar-refractivity contribution in [2.75, 3.05) is 65.3 Å². The minimum absolute atomic E-state index is 0.125. The Labute approximate surface area is 246 Å². The first-order valence-electron chi connectivity index (χ1n) is 14.6. The minimum atomic E-state index is -0.125. The Kier molecular flexibility index (Phi) is 12.1. The van der Waals surface area contributed by atoms with Gasteiger partial charge in [-0.2, -0.15) is 0 Å². The molecule has 3 amide bonds. The van der Waals surface area contributed by atoms with Gasteiger partial charge in [0.2, 0.25) is 5.91 Å². The summed E-state index contributed by atoms with van der Waals surface area (Å²) in [6.07, 6.45) is 5.61. The van der Waals surface area contributed by atoms with Crippen LogP contribution in [0.2, 0.25) is 0 Å². The van der Waals surface area contributed by atoms with E-state index in [1.54, 1.807) is 14.2 Å². The number of carbonyl (C=O) groups is 2. The molecule has 224 valence electrons. The number of carbonyl (C=O) groups excluding carboxylic acids is 2. The number of para-hydroxylation sites is 3. The molecule has 0 spiro atoms. The van der Waals surface area contributed by atoms with Crippen LogP contribution in [0.15, 0.2) is 54.6 Å². The molecule has 8 nitrogen and oxygen atoms in total. The van der Waals surface area contributed by atoms with Crippen molar-refractivity contribution in [3.63, 3.8) is 0 Å². The maximum Gasteiger partial charge on any atom is 0.322 e. The van der Waals surface area contributed by atoms with Crippen molar-refractivity contribution in [3.05, 3.63) is 60.2 Å². The first-order chi connectivity index (χ1) is 19.6. The van der Waals surface area contributed by atoms with Gasteiger partial charge in [-0.15, -0.1) is 0 Å². The van der Waals surface area contributed by atoms with Crippen LogP contribution >= 0.6 is 0 Å². The molecule has 1 atom stereocenters. The second kappa shape index (κ2) is 15.5. The number of anilines is 1. The number of piperazine rings is 1. The van der Waals surface area contributed by atoms with E-state index in [4.69, 9.17) is 9.47 Å². The molecule has 0 radical (unpaired) electrons. The van der Waals surface area contributed by atoms with Gasteiger partial charge in [0, 0.05) is 57.8 Å². The number of urea groups is 1.